The molecule has 226 valence electrons. The van der Waals surface area contributed by atoms with Crippen LogP contribution in [-0.2, 0) is 22.6 Å². The average molecular weight is 663 g/mol. The van der Waals surface area contributed by atoms with Gasteiger partial charge in [-0.1, -0.05) is 107 Å². The Morgan fingerprint density at radius 2 is 1.67 bits per heavy atom. The monoisotopic (exact) mass is 662 g/mol. The number of thioether (sulfide) groups is 1. The fourth-order valence-electron chi connectivity index (χ4n) is 6.27. The van der Waals surface area contributed by atoms with E-state index in [1.165, 1.54) is 28.0 Å². The summed E-state index contributed by atoms with van der Waals surface area (Å²) in [6.07, 6.45) is 0. The number of aryl methyl sites for hydroxylation is 1. The highest BCUT2D eigenvalue weighted by Gasteiger charge is 2.66. The molecule has 8 nitrogen and oxygen atoms in total. The van der Waals surface area contributed by atoms with Crippen molar-refractivity contribution in [3.8, 4) is 0 Å². The number of carbonyl (C=O) groups is 2. The third kappa shape index (κ3) is 4.32. The predicted octanol–water partition coefficient (Wildman–Crippen LogP) is 7.35. The number of rotatable bonds is 6. The summed E-state index contributed by atoms with van der Waals surface area (Å²) in [5.41, 5.74) is 2.09. The molecule has 4 heterocycles. The Balaban J connectivity index is 1.31. The average Bonchev–Trinajstić information content (AvgIpc) is 3.70. The maximum atomic E-state index is 15.1. The lowest BCUT2D eigenvalue weighted by Crippen LogP contribution is -2.53. The highest BCUT2D eigenvalue weighted by molar-refractivity contribution is 8.00. The Bertz CT molecular complexity index is 2270. The van der Waals surface area contributed by atoms with Gasteiger partial charge in [-0.25, -0.2) is 0 Å². The summed E-state index contributed by atoms with van der Waals surface area (Å²) >= 11 is 8.79. The third-order valence-corrected chi connectivity index (χ3v) is 10.7. The lowest BCUT2D eigenvalue weighted by molar-refractivity contribution is -0.121. The lowest BCUT2D eigenvalue weighted by atomic mass is 9.84. The second kappa shape index (κ2) is 10.9. The van der Waals surface area contributed by atoms with Gasteiger partial charge in [-0.05, 0) is 48.4 Å². The first kappa shape index (κ1) is 28.7. The maximum Gasteiger partial charge on any atom is 0.297 e. The van der Waals surface area contributed by atoms with Crippen LogP contribution < -0.4 is 15.2 Å². The standard InChI is InChI=1S/C35H23ClN4O4S2/c1-20-13-15-21(16-14-20)18-39-26-11-4-3-10-25(26)35(32(39)43)28-29(41)24-9-2-5-12-27(24)44-30(28)31(42)40(35)33-37-38-34(46-33)45-19-22-7-6-8-23(36)17-22/h2-17H,18-19H2,1H3. The molecule has 1 spiro atoms. The summed E-state index contributed by atoms with van der Waals surface area (Å²) < 4.78 is 6.76. The summed E-state index contributed by atoms with van der Waals surface area (Å²) in [5.74, 6) is -0.660. The number of carbonyl (C=O) groups excluding carboxylic acids is 2. The van der Waals surface area contributed by atoms with Crippen LogP contribution >= 0.6 is 34.7 Å². The summed E-state index contributed by atoms with van der Waals surface area (Å²) in [4.78, 5) is 46.9. The van der Waals surface area contributed by atoms with Crippen LogP contribution in [0.15, 0.2) is 111 Å². The Morgan fingerprint density at radius 1 is 0.891 bits per heavy atom. The first-order chi connectivity index (χ1) is 22.4. The van der Waals surface area contributed by atoms with E-state index >= 15 is 4.79 Å². The van der Waals surface area contributed by atoms with Crippen LogP contribution in [0.2, 0.25) is 5.02 Å². The molecule has 2 amide bonds. The smallest absolute Gasteiger partial charge is 0.297 e. The van der Waals surface area contributed by atoms with Crippen molar-refractivity contribution in [3.05, 3.63) is 146 Å². The van der Waals surface area contributed by atoms with Crippen LogP contribution in [0, 0.1) is 6.92 Å². The minimum Gasteiger partial charge on any atom is -0.450 e. The molecule has 0 N–H and O–H groups in total. The number of benzene rings is 4. The van der Waals surface area contributed by atoms with Gasteiger partial charge in [-0.2, -0.15) is 0 Å². The van der Waals surface area contributed by atoms with Crippen molar-refractivity contribution in [2.24, 2.45) is 0 Å². The fraction of sp³-hybridized carbons (Fsp3) is 0.114. The molecule has 8 rings (SSSR count). The van der Waals surface area contributed by atoms with Gasteiger partial charge in [0.2, 0.25) is 10.9 Å². The highest BCUT2D eigenvalue weighted by Crippen LogP contribution is 2.55. The molecule has 1 unspecified atom stereocenters. The molecule has 1 atom stereocenters. The Kier molecular flexibility index (Phi) is 6.82. The number of nitrogens with zero attached hydrogens (tertiary/aromatic N) is 4. The summed E-state index contributed by atoms with van der Waals surface area (Å²) in [6, 6.07) is 29.5. The molecule has 0 bridgehead atoms. The van der Waals surface area contributed by atoms with E-state index in [0.717, 1.165) is 16.7 Å². The number of aromatic nitrogens is 2. The van der Waals surface area contributed by atoms with Gasteiger partial charge in [0.05, 0.1) is 23.2 Å². The number of para-hydroxylation sites is 2. The minimum atomic E-state index is -1.84. The van der Waals surface area contributed by atoms with Crippen molar-refractivity contribution in [2.75, 3.05) is 9.80 Å². The zero-order chi connectivity index (χ0) is 31.6. The minimum absolute atomic E-state index is 0.0108. The molecule has 0 radical (unpaired) electrons. The van der Waals surface area contributed by atoms with E-state index < -0.39 is 22.8 Å². The van der Waals surface area contributed by atoms with Crippen LogP contribution in [0.1, 0.15) is 38.4 Å². The molecule has 0 saturated carbocycles. The number of hydrogen-bond acceptors (Lipinski definition) is 8. The van der Waals surface area contributed by atoms with Gasteiger partial charge in [0.1, 0.15) is 5.58 Å². The second-order valence-electron chi connectivity index (χ2n) is 11.1. The summed E-state index contributed by atoms with van der Waals surface area (Å²) in [6.45, 7) is 2.24. The van der Waals surface area contributed by atoms with Crippen molar-refractivity contribution in [3.63, 3.8) is 0 Å². The van der Waals surface area contributed by atoms with Crippen LogP contribution in [0.3, 0.4) is 0 Å². The van der Waals surface area contributed by atoms with E-state index in [4.69, 9.17) is 16.0 Å². The molecule has 11 heteroatoms. The van der Waals surface area contributed by atoms with Gasteiger partial charge in [-0.3, -0.25) is 19.3 Å². The first-order valence-corrected chi connectivity index (χ1v) is 16.6. The van der Waals surface area contributed by atoms with E-state index in [0.29, 0.717) is 26.4 Å². The highest BCUT2D eigenvalue weighted by atomic mass is 35.5. The molecule has 0 saturated heterocycles. The van der Waals surface area contributed by atoms with Crippen molar-refractivity contribution >= 4 is 68.3 Å². The van der Waals surface area contributed by atoms with E-state index in [1.54, 1.807) is 41.3 Å². The van der Waals surface area contributed by atoms with Gasteiger partial charge in [-0.15, -0.1) is 10.2 Å². The van der Waals surface area contributed by atoms with Crippen molar-refractivity contribution < 1.29 is 14.0 Å². The Morgan fingerprint density at radius 3 is 2.50 bits per heavy atom. The topological polar surface area (TPSA) is 96.6 Å². The van der Waals surface area contributed by atoms with Crippen LogP contribution in [0.5, 0.6) is 0 Å². The molecular formula is C35H23ClN4O4S2. The summed E-state index contributed by atoms with van der Waals surface area (Å²) in [7, 11) is 0. The van der Waals surface area contributed by atoms with E-state index in [2.05, 4.69) is 10.2 Å². The largest absolute Gasteiger partial charge is 0.450 e. The van der Waals surface area contributed by atoms with Crippen LogP contribution in [0.4, 0.5) is 10.8 Å². The molecule has 2 aliphatic rings. The molecule has 0 aliphatic carbocycles. The fourth-order valence-corrected chi connectivity index (χ4v) is 8.31. The molecule has 0 fully saturated rings. The van der Waals surface area contributed by atoms with E-state index in [9.17, 15) is 9.59 Å². The zero-order valence-corrected chi connectivity index (χ0v) is 26.7. The van der Waals surface area contributed by atoms with Crippen molar-refractivity contribution in [1.29, 1.82) is 0 Å². The number of fused-ring (bicyclic) bond motifs is 5. The number of anilines is 2. The zero-order valence-electron chi connectivity index (χ0n) is 24.3. The van der Waals surface area contributed by atoms with Gasteiger partial charge in [0.25, 0.3) is 11.8 Å². The third-order valence-electron chi connectivity index (χ3n) is 8.33. The molecular weight excluding hydrogens is 640 g/mol. The van der Waals surface area contributed by atoms with E-state index in [-0.39, 0.29) is 34.0 Å². The molecule has 2 aliphatic heterocycles. The van der Waals surface area contributed by atoms with Crippen LogP contribution in [-0.4, -0.2) is 22.0 Å². The molecule has 4 aromatic carbocycles. The number of hydrogen-bond donors (Lipinski definition) is 0. The Hall–Kier alpha value is -4.77. The lowest BCUT2D eigenvalue weighted by Gasteiger charge is -2.32. The number of halogens is 1. The van der Waals surface area contributed by atoms with Crippen molar-refractivity contribution in [2.45, 2.75) is 29.1 Å². The number of amides is 2. The van der Waals surface area contributed by atoms with Gasteiger partial charge in [0.15, 0.2) is 15.3 Å². The van der Waals surface area contributed by atoms with Crippen molar-refractivity contribution in [1.82, 2.24) is 10.2 Å². The van der Waals surface area contributed by atoms with Crippen LogP contribution in [0.25, 0.3) is 11.0 Å². The normalized spacial score (nSPS) is 16.9. The van der Waals surface area contributed by atoms with Gasteiger partial charge in [0, 0.05) is 16.3 Å². The first-order valence-electron chi connectivity index (χ1n) is 14.4. The van der Waals surface area contributed by atoms with Gasteiger partial charge >= 0.3 is 0 Å². The predicted molar refractivity (Wildman–Crippen MR) is 180 cm³/mol. The summed E-state index contributed by atoms with van der Waals surface area (Å²) in [5, 5.41) is 9.90. The maximum absolute atomic E-state index is 15.1. The molecule has 6 aromatic rings. The Labute approximate surface area is 276 Å². The SMILES string of the molecule is Cc1ccc(CN2C(=O)C3(c4ccccc42)c2c(oc4ccccc4c2=O)C(=O)N3c2nnc(SCc3cccc(Cl)c3)s2)cc1. The quantitative estimate of drug-likeness (QED) is 0.136. The molecule has 46 heavy (non-hydrogen) atoms. The van der Waals surface area contributed by atoms with Gasteiger partial charge < -0.3 is 9.32 Å². The van der Waals surface area contributed by atoms with E-state index in [1.807, 2.05) is 67.6 Å². The molecule has 2 aromatic heterocycles. The second-order valence-corrected chi connectivity index (χ2v) is 13.8.